The number of alkyl halides is 3. The van der Waals surface area contributed by atoms with Crippen LogP contribution in [0, 0.1) is 0 Å². The second kappa shape index (κ2) is 12.3. The molecular formula is C27H20F3NO5Se. The standard InChI is InChI=1S/C27H20F3NO5Se/c28-27(29,30)36-21-10-12-22(13-11-21)37-17-3-16-33-20-8-6-19(7-9-20)18-34-26(32)35-25-14-15-31-24-5-2-1-4-23(24)25/h1-16H,17-18H2. The third kappa shape index (κ3) is 8.27. The summed E-state index contributed by atoms with van der Waals surface area (Å²) in [4.78, 5) is 16.4. The molecule has 6 nitrogen and oxygen atoms in total. The van der Waals surface area contributed by atoms with Crippen LogP contribution in [0.4, 0.5) is 18.0 Å². The van der Waals surface area contributed by atoms with E-state index in [0.29, 0.717) is 27.7 Å². The summed E-state index contributed by atoms with van der Waals surface area (Å²) in [7, 11) is 0. The van der Waals surface area contributed by atoms with E-state index in [9.17, 15) is 18.0 Å². The molecule has 4 rings (SSSR count). The Kier molecular flexibility index (Phi) is 8.66. The van der Waals surface area contributed by atoms with Crippen LogP contribution in [0.5, 0.6) is 17.2 Å². The number of allylic oxidation sites excluding steroid dienone is 1. The summed E-state index contributed by atoms with van der Waals surface area (Å²) in [6.07, 6.45) is -0.544. The van der Waals surface area contributed by atoms with E-state index >= 15 is 0 Å². The van der Waals surface area contributed by atoms with Crippen LogP contribution in [0.3, 0.4) is 0 Å². The number of aromatic nitrogens is 1. The molecule has 3 aromatic carbocycles. The minimum atomic E-state index is -4.69. The predicted octanol–water partition coefficient (Wildman–Crippen LogP) is 6.19. The van der Waals surface area contributed by atoms with Crippen molar-refractivity contribution in [1.29, 1.82) is 0 Å². The van der Waals surface area contributed by atoms with Gasteiger partial charge in [-0.15, -0.1) is 0 Å². The molecule has 0 aliphatic carbocycles. The normalized spacial score (nSPS) is 11.4. The maximum atomic E-state index is 12.2. The van der Waals surface area contributed by atoms with Crippen molar-refractivity contribution in [3.05, 3.63) is 103 Å². The van der Waals surface area contributed by atoms with Gasteiger partial charge in [-0.3, -0.25) is 4.98 Å². The van der Waals surface area contributed by atoms with Gasteiger partial charge in [0.05, 0.1) is 5.52 Å². The summed E-state index contributed by atoms with van der Waals surface area (Å²) in [6, 6.07) is 21.8. The van der Waals surface area contributed by atoms with Crippen LogP contribution in [0.15, 0.2) is 97.4 Å². The Hall–Kier alpha value is -4.01. The van der Waals surface area contributed by atoms with Gasteiger partial charge in [0.25, 0.3) is 0 Å². The Morgan fingerprint density at radius 3 is 2.41 bits per heavy atom. The Morgan fingerprint density at radius 2 is 1.65 bits per heavy atom. The number of benzene rings is 3. The van der Waals surface area contributed by atoms with E-state index < -0.39 is 12.5 Å². The molecule has 0 unspecified atom stereocenters. The van der Waals surface area contributed by atoms with Crippen molar-refractivity contribution in [3.63, 3.8) is 0 Å². The maximum absolute atomic E-state index is 12.2. The van der Waals surface area contributed by atoms with Crippen LogP contribution >= 0.6 is 0 Å². The van der Waals surface area contributed by atoms with Crippen molar-refractivity contribution in [2.75, 3.05) is 0 Å². The Morgan fingerprint density at radius 1 is 0.919 bits per heavy atom. The van der Waals surface area contributed by atoms with Crippen molar-refractivity contribution in [1.82, 2.24) is 4.98 Å². The van der Waals surface area contributed by atoms with Crippen LogP contribution < -0.4 is 18.7 Å². The van der Waals surface area contributed by atoms with Crippen LogP contribution in [0.1, 0.15) is 5.56 Å². The molecule has 1 aromatic heterocycles. The topological polar surface area (TPSA) is 66.9 Å². The molecule has 0 aliphatic heterocycles. The fraction of sp³-hybridized carbons (Fsp3) is 0.111. The molecule has 0 aliphatic rings. The molecule has 0 radical (unpaired) electrons. The number of hydrogen-bond acceptors (Lipinski definition) is 6. The molecule has 0 fully saturated rings. The van der Waals surface area contributed by atoms with Crippen molar-refractivity contribution in [2.24, 2.45) is 0 Å². The van der Waals surface area contributed by atoms with E-state index in [1.165, 1.54) is 12.1 Å². The van der Waals surface area contributed by atoms with Crippen LogP contribution in [0.2, 0.25) is 5.32 Å². The van der Waals surface area contributed by atoms with Gasteiger partial charge in [0.15, 0.2) is 0 Å². The van der Waals surface area contributed by atoms with E-state index in [-0.39, 0.29) is 27.3 Å². The van der Waals surface area contributed by atoms with E-state index in [1.807, 2.05) is 30.3 Å². The summed E-state index contributed by atoms with van der Waals surface area (Å²) < 4.78 is 57.5. The molecule has 0 saturated heterocycles. The van der Waals surface area contributed by atoms with Crippen molar-refractivity contribution < 1.29 is 36.9 Å². The van der Waals surface area contributed by atoms with Gasteiger partial charge in [0.1, 0.15) is 5.75 Å². The Labute approximate surface area is 216 Å². The van der Waals surface area contributed by atoms with E-state index in [2.05, 4.69) is 9.72 Å². The minimum absolute atomic E-state index is 0.0350. The van der Waals surface area contributed by atoms with E-state index in [1.54, 1.807) is 54.9 Å². The molecule has 0 amide bonds. The first-order valence-electron chi connectivity index (χ1n) is 10.9. The molecule has 37 heavy (non-hydrogen) atoms. The number of carbonyl (C=O) groups is 1. The zero-order valence-corrected chi connectivity index (χ0v) is 20.9. The van der Waals surface area contributed by atoms with Crippen LogP contribution in [0.25, 0.3) is 10.9 Å². The van der Waals surface area contributed by atoms with Gasteiger partial charge in [-0.05, 0) is 12.1 Å². The smallest absolute Gasteiger partial charge is 0.256 e. The second-order valence-corrected chi connectivity index (χ2v) is 9.72. The zero-order chi connectivity index (χ0) is 26.1. The van der Waals surface area contributed by atoms with Gasteiger partial charge in [0.2, 0.25) is 0 Å². The summed E-state index contributed by atoms with van der Waals surface area (Å²) in [5.41, 5.74) is 1.47. The SMILES string of the molecule is O=C(OCc1ccc(OC=CC[Se]c2ccc(OC(F)(F)F)cc2)cc1)Oc1ccnc2ccccc12. The van der Waals surface area contributed by atoms with Gasteiger partial charge in [-0.25, -0.2) is 0 Å². The molecule has 0 N–H and O–H groups in total. The molecule has 0 spiro atoms. The third-order valence-corrected chi connectivity index (χ3v) is 6.81. The number of fused-ring (bicyclic) bond motifs is 1. The Bertz CT molecular complexity index is 1350. The number of halogens is 3. The molecule has 0 bridgehead atoms. The molecule has 190 valence electrons. The number of hydrogen-bond donors (Lipinski definition) is 0. The second-order valence-electron chi connectivity index (χ2n) is 7.43. The average Bonchev–Trinajstić information content (AvgIpc) is 2.88. The van der Waals surface area contributed by atoms with Gasteiger partial charge < -0.3 is 0 Å². The number of nitrogens with zero attached hydrogens (tertiary/aromatic N) is 1. The molecule has 4 aromatic rings. The van der Waals surface area contributed by atoms with Crippen LogP contribution in [-0.4, -0.2) is 32.5 Å². The first-order valence-corrected chi connectivity index (χ1v) is 13.0. The predicted molar refractivity (Wildman–Crippen MR) is 132 cm³/mol. The van der Waals surface area contributed by atoms with E-state index in [4.69, 9.17) is 14.2 Å². The minimum Gasteiger partial charge on any atom is -0.256 e. The first-order chi connectivity index (χ1) is 17.9. The summed E-state index contributed by atoms with van der Waals surface area (Å²) in [6.45, 7) is 0.0350. The van der Waals surface area contributed by atoms with Gasteiger partial charge >= 0.3 is 159 Å². The number of para-hydroxylation sites is 1. The first kappa shape index (κ1) is 26.1. The summed E-state index contributed by atoms with van der Waals surface area (Å²) in [5, 5.41) is 1.42. The molecule has 1 heterocycles. The van der Waals surface area contributed by atoms with Crippen LogP contribution in [-0.2, 0) is 11.3 Å². The molecule has 10 heteroatoms. The molecule has 0 saturated carbocycles. The fourth-order valence-corrected chi connectivity index (χ4v) is 4.59. The molecule has 0 atom stereocenters. The van der Waals surface area contributed by atoms with Crippen molar-refractivity contribution >= 4 is 36.5 Å². The van der Waals surface area contributed by atoms with Gasteiger partial charge in [-0.1, -0.05) is 12.1 Å². The zero-order valence-electron chi connectivity index (χ0n) is 19.2. The summed E-state index contributed by atoms with van der Waals surface area (Å²) >= 11 is 0.0367. The fourth-order valence-electron chi connectivity index (χ4n) is 3.13. The monoisotopic (exact) mass is 575 g/mol. The number of rotatable bonds is 9. The van der Waals surface area contributed by atoms with Crippen molar-refractivity contribution in [3.8, 4) is 17.2 Å². The van der Waals surface area contributed by atoms with Gasteiger partial charge in [0, 0.05) is 17.6 Å². The number of pyridine rings is 1. The third-order valence-electron chi connectivity index (χ3n) is 4.79. The van der Waals surface area contributed by atoms with Gasteiger partial charge in [-0.2, -0.15) is 0 Å². The summed E-state index contributed by atoms with van der Waals surface area (Å²) in [5.74, 6) is 0.742. The quantitative estimate of drug-likeness (QED) is 0.135. The molecular weight excluding hydrogens is 554 g/mol. The van der Waals surface area contributed by atoms with Crippen molar-refractivity contribution in [2.45, 2.75) is 18.3 Å². The average molecular weight is 574 g/mol. The number of carbonyl (C=O) groups excluding carboxylic acids is 1. The number of ether oxygens (including phenoxy) is 4. The Balaban J connectivity index is 1.18. The van der Waals surface area contributed by atoms with E-state index in [0.717, 1.165) is 10.0 Å².